The number of nitrogens with zero attached hydrogens (tertiary/aromatic N) is 1. The maximum atomic E-state index is 14.0. The lowest BCUT2D eigenvalue weighted by Crippen LogP contribution is -2.53. The van der Waals surface area contributed by atoms with E-state index in [9.17, 15) is 19.0 Å². The van der Waals surface area contributed by atoms with Gasteiger partial charge < -0.3 is 14.9 Å². The van der Waals surface area contributed by atoms with E-state index in [0.29, 0.717) is 32.7 Å². The Labute approximate surface area is 121 Å². The van der Waals surface area contributed by atoms with Gasteiger partial charge in [-0.15, -0.1) is 0 Å². The molecule has 0 aliphatic carbocycles. The highest BCUT2D eigenvalue weighted by atomic mass is 19.1. The van der Waals surface area contributed by atoms with Crippen molar-refractivity contribution >= 4 is 0 Å². The minimum absolute atomic E-state index is 0.0159. The predicted octanol–water partition coefficient (Wildman–Crippen LogP) is 1.08. The summed E-state index contributed by atoms with van der Waals surface area (Å²) >= 11 is 0. The third-order valence-electron chi connectivity index (χ3n) is 4.39. The maximum Gasteiger partial charge on any atom is 0.128 e. The first kappa shape index (κ1) is 14.8. The van der Waals surface area contributed by atoms with Crippen LogP contribution in [0.25, 0.3) is 0 Å². The molecule has 2 N–H and O–H groups in total. The van der Waals surface area contributed by atoms with Crippen molar-refractivity contribution in [1.29, 1.82) is 0 Å². The van der Waals surface area contributed by atoms with Crippen LogP contribution in [0.1, 0.15) is 18.0 Å². The van der Waals surface area contributed by atoms with Crippen molar-refractivity contribution in [2.45, 2.75) is 18.6 Å². The van der Waals surface area contributed by atoms with Crippen LogP contribution in [0.2, 0.25) is 0 Å². The largest absolute Gasteiger partial charge is 0.396 e. The number of aliphatic hydroxyl groups excluding tert-OH is 2. The van der Waals surface area contributed by atoms with Gasteiger partial charge in [-0.3, -0.25) is 4.90 Å². The summed E-state index contributed by atoms with van der Waals surface area (Å²) in [5.74, 6) is -0.958. The van der Waals surface area contributed by atoms with Crippen molar-refractivity contribution in [3.63, 3.8) is 0 Å². The fourth-order valence-corrected chi connectivity index (χ4v) is 3.20. The molecule has 2 atom stereocenters. The summed E-state index contributed by atoms with van der Waals surface area (Å²) in [5.41, 5.74) is -0.0913. The summed E-state index contributed by atoms with van der Waals surface area (Å²) in [6.45, 7) is 1.78. The molecule has 2 fully saturated rings. The number of β-amino-alcohol motifs (C(OH)–C–C–N with tert-alkyl or cyclic N) is 1. The molecule has 2 aliphatic heterocycles. The molecule has 0 radical (unpaired) electrons. The average molecular weight is 299 g/mol. The van der Waals surface area contributed by atoms with E-state index in [-0.39, 0.29) is 23.6 Å². The smallest absolute Gasteiger partial charge is 0.128 e. The highest BCUT2D eigenvalue weighted by Gasteiger charge is 2.44. The lowest BCUT2D eigenvalue weighted by Gasteiger charge is -2.43. The Morgan fingerprint density at radius 3 is 2.71 bits per heavy atom. The molecule has 0 bridgehead atoms. The molecule has 1 aromatic rings. The molecule has 0 amide bonds. The molecule has 3 rings (SSSR count). The quantitative estimate of drug-likeness (QED) is 0.873. The molecule has 21 heavy (non-hydrogen) atoms. The van der Waals surface area contributed by atoms with Crippen LogP contribution in [-0.4, -0.2) is 54.1 Å². The van der Waals surface area contributed by atoms with Crippen LogP contribution in [-0.2, 0) is 4.74 Å². The molecule has 4 nitrogen and oxygen atoms in total. The minimum Gasteiger partial charge on any atom is -0.396 e. The number of hydrogen-bond acceptors (Lipinski definition) is 4. The first-order chi connectivity index (χ1) is 10.0. The molecule has 0 unspecified atom stereocenters. The van der Waals surface area contributed by atoms with E-state index in [1.807, 2.05) is 4.90 Å². The number of likely N-dealkylation sites (tertiary alicyclic amines) is 1. The molecule has 116 valence electrons. The Morgan fingerprint density at radius 1 is 1.33 bits per heavy atom. The topological polar surface area (TPSA) is 52.9 Å². The zero-order valence-corrected chi connectivity index (χ0v) is 11.6. The molecule has 2 saturated heterocycles. The Morgan fingerprint density at radius 2 is 2.10 bits per heavy atom. The van der Waals surface area contributed by atoms with Gasteiger partial charge in [-0.25, -0.2) is 8.78 Å². The van der Waals surface area contributed by atoms with Crippen LogP contribution < -0.4 is 0 Å². The summed E-state index contributed by atoms with van der Waals surface area (Å²) in [4.78, 5) is 1.92. The molecule has 0 spiro atoms. The van der Waals surface area contributed by atoms with Crippen LogP contribution in [0, 0.1) is 17.0 Å². The van der Waals surface area contributed by atoms with Crippen LogP contribution in [0.15, 0.2) is 18.2 Å². The van der Waals surface area contributed by atoms with E-state index in [0.717, 1.165) is 12.1 Å². The normalized spacial score (nSPS) is 28.6. The van der Waals surface area contributed by atoms with E-state index in [4.69, 9.17) is 4.74 Å². The SMILES string of the molecule is OCC1(CN2C[C@H](O)C[C@H]2c2cc(F)ccc2F)COC1. The van der Waals surface area contributed by atoms with Gasteiger partial charge in [0.1, 0.15) is 11.6 Å². The molecule has 1 aromatic carbocycles. The summed E-state index contributed by atoms with van der Waals surface area (Å²) in [5, 5.41) is 19.4. The first-order valence-corrected chi connectivity index (χ1v) is 7.09. The molecule has 0 aromatic heterocycles. The van der Waals surface area contributed by atoms with Gasteiger partial charge >= 0.3 is 0 Å². The zero-order chi connectivity index (χ0) is 15.0. The third kappa shape index (κ3) is 2.81. The number of aliphatic hydroxyl groups is 2. The number of rotatable bonds is 4. The standard InChI is InChI=1S/C15H19F2NO3/c16-10-1-2-13(17)12(3-10)14-4-11(20)5-18(14)6-15(7-19)8-21-9-15/h1-3,11,14,19-20H,4-9H2/t11-,14+/m1/s1. The van der Waals surface area contributed by atoms with Crippen molar-refractivity contribution in [2.75, 3.05) is 32.9 Å². The van der Waals surface area contributed by atoms with Gasteiger partial charge in [0.15, 0.2) is 0 Å². The van der Waals surface area contributed by atoms with Crippen LogP contribution in [0.4, 0.5) is 8.78 Å². The Bertz CT molecular complexity index is 516. The Kier molecular flexibility index (Phi) is 3.96. The lowest BCUT2D eigenvalue weighted by atomic mass is 9.86. The van der Waals surface area contributed by atoms with Crippen molar-refractivity contribution in [2.24, 2.45) is 5.41 Å². The molecule has 0 saturated carbocycles. The molecular weight excluding hydrogens is 280 g/mol. The molecular formula is C15H19F2NO3. The van der Waals surface area contributed by atoms with Gasteiger partial charge in [-0.2, -0.15) is 0 Å². The van der Waals surface area contributed by atoms with E-state index >= 15 is 0 Å². The second kappa shape index (κ2) is 5.61. The monoisotopic (exact) mass is 299 g/mol. The number of benzene rings is 1. The van der Waals surface area contributed by atoms with Crippen molar-refractivity contribution in [3.8, 4) is 0 Å². The number of ether oxygens (including phenoxy) is 1. The Balaban J connectivity index is 1.83. The van der Waals surface area contributed by atoms with Gasteiger partial charge in [0.2, 0.25) is 0 Å². The van der Waals surface area contributed by atoms with Gasteiger partial charge in [0, 0.05) is 24.7 Å². The molecule has 6 heteroatoms. The van der Waals surface area contributed by atoms with Crippen LogP contribution in [0.5, 0.6) is 0 Å². The fourth-order valence-electron chi connectivity index (χ4n) is 3.20. The lowest BCUT2D eigenvalue weighted by molar-refractivity contribution is -0.150. The van der Waals surface area contributed by atoms with Gasteiger partial charge in [0.05, 0.1) is 31.3 Å². The van der Waals surface area contributed by atoms with Gasteiger partial charge in [0.25, 0.3) is 0 Å². The number of hydrogen-bond donors (Lipinski definition) is 2. The van der Waals surface area contributed by atoms with Crippen molar-refractivity contribution < 1.29 is 23.7 Å². The van der Waals surface area contributed by atoms with Crippen molar-refractivity contribution in [3.05, 3.63) is 35.4 Å². The summed E-state index contributed by atoms with van der Waals surface area (Å²) < 4.78 is 32.5. The van der Waals surface area contributed by atoms with Crippen molar-refractivity contribution in [1.82, 2.24) is 4.90 Å². The maximum absolute atomic E-state index is 14.0. The summed E-state index contributed by atoms with van der Waals surface area (Å²) in [6.07, 6.45) is -0.211. The van der Waals surface area contributed by atoms with E-state index in [1.165, 1.54) is 6.07 Å². The highest BCUT2D eigenvalue weighted by molar-refractivity contribution is 5.24. The average Bonchev–Trinajstić information content (AvgIpc) is 2.77. The van der Waals surface area contributed by atoms with Gasteiger partial charge in [-0.1, -0.05) is 0 Å². The van der Waals surface area contributed by atoms with E-state index < -0.39 is 17.7 Å². The van der Waals surface area contributed by atoms with Crippen LogP contribution >= 0.6 is 0 Å². The fraction of sp³-hybridized carbons (Fsp3) is 0.600. The highest BCUT2D eigenvalue weighted by Crippen LogP contribution is 2.38. The third-order valence-corrected chi connectivity index (χ3v) is 4.39. The van der Waals surface area contributed by atoms with E-state index in [2.05, 4.69) is 0 Å². The van der Waals surface area contributed by atoms with Gasteiger partial charge in [-0.05, 0) is 24.6 Å². The van der Waals surface area contributed by atoms with Crippen LogP contribution in [0.3, 0.4) is 0 Å². The molecule has 2 aliphatic rings. The van der Waals surface area contributed by atoms with E-state index in [1.54, 1.807) is 0 Å². The first-order valence-electron chi connectivity index (χ1n) is 7.09. The zero-order valence-electron chi connectivity index (χ0n) is 11.6. The Hall–Kier alpha value is -1.08. The predicted molar refractivity (Wildman–Crippen MR) is 71.6 cm³/mol. The second-order valence-electron chi connectivity index (χ2n) is 6.15. The molecule has 2 heterocycles. The summed E-state index contributed by atoms with van der Waals surface area (Å²) in [7, 11) is 0. The number of halogens is 2. The summed E-state index contributed by atoms with van der Waals surface area (Å²) in [6, 6.07) is 3.01. The minimum atomic E-state index is -0.575. The second-order valence-corrected chi connectivity index (χ2v) is 6.15.